The Balaban J connectivity index is 2.18. The van der Waals surface area contributed by atoms with Crippen LogP contribution >= 0.6 is 0 Å². The first-order valence-corrected chi connectivity index (χ1v) is 8.20. The van der Waals surface area contributed by atoms with E-state index in [1.165, 1.54) is 0 Å². The van der Waals surface area contributed by atoms with Crippen LogP contribution in [0.25, 0.3) is 22.5 Å². The van der Waals surface area contributed by atoms with E-state index in [1.54, 1.807) is 0 Å². The van der Waals surface area contributed by atoms with Gasteiger partial charge in [0, 0.05) is 16.9 Å². The Morgan fingerprint density at radius 1 is 0.952 bits per heavy atom. The van der Waals surface area contributed by atoms with Crippen molar-refractivity contribution in [3.05, 3.63) is 60.7 Å². The molecule has 2 aromatic carbocycles. The van der Waals surface area contributed by atoms with Gasteiger partial charge in [0.05, 0.1) is 22.2 Å². The van der Waals surface area contributed by atoms with Crippen LogP contribution in [0, 0.1) is 0 Å². The molecule has 106 valence electrons. The number of nitrogens with one attached hydrogen (secondary N) is 1. The van der Waals surface area contributed by atoms with Crippen LogP contribution in [-0.4, -0.2) is 19.9 Å². The summed E-state index contributed by atoms with van der Waals surface area (Å²) in [6, 6.07) is 20.0. The Bertz CT molecular complexity index is 694. The summed E-state index contributed by atoms with van der Waals surface area (Å²) in [5, 5.41) is 0.537. The van der Waals surface area contributed by atoms with E-state index in [2.05, 4.69) is 9.97 Å². The number of benzene rings is 2. The molecule has 0 amide bonds. The van der Waals surface area contributed by atoms with Crippen LogP contribution in [0.1, 0.15) is 6.92 Å². The quantitative estimate of drug-likeness (QED) is 0.794. The fourth-order valence-corrected chi connectivity index (χ4v) is 2.90. The molecule has 1 atom stereocenters. The van der Waals surface area contributed by atoms with Gasteiger partial charge in [-0.3, -0.25) is 4.21 Å². The van der Waals surface area contributed by atoms with Crippen molar-refractivity contribution >= 4 is 10.8 Å². The van der Waals surface area contributed by atoms with Gasteiger partial charge >= 0.3 is 0 Å². The monoisotopic (exact) mass is 296 g/mol. The van der Waals surface area contributed by atoms with Gasteiger partial charge in [0.25, 0.3) is 0 Å². The molecule has 0 spiro atoms. The Kier molecular flexibility index (Phi) is 3.97. The highest BCUT2D eigenvalue weighted by atomic mass is 32.2. The summed E-state index contributed by atoms with van der Waals surface area (Å²) < 4.78 is 12.1. The molecular formula is C17H16N2OS. The molecule has 0 bridgehead atoms. The first-order valence-electron chi connectivity index (χ1n) is 6.89. The molecule has 21 heavy (non-hydrogen) atoms. The van der Waals surface area contributed by atoms with E-state index in [9.17, 15) is 4.21 Å². The Morgan fingerprint density at radius 2 is 1.52 bits per heavy atom. The van der Waals surface area contributed by atoms with Crippen molar-refractivity contribution < 1.29 is 4.21 Å². The van der Waals surface area contributed by atoms with Gasteiger partial charge < -0.3 is 4.98 Å². The van der Waals surface area contributed by atoms with Crippen molar-refractivity contribution in [3.63, 3.8) is 0 Å². The molecule has 0 saturated heterocycles. The number of hydrogen-bond acceptors (Lipinski definition) is 2. The van der Waals surface area contributed by atoms with E-state index in [0.717, 1.165) is 22.5 Å². The minimum absolute atomic E-state index is 0.537. The third-order valence-electron chi connectivity index (χ3n) is 3.27. The highest BCUT2D eigenvalue weighted by Gasteiger charge is 2.16. The first-order chi connectivity index (χ1) is 10.3. The van der Waals surface area contributed by atoms with Gasteiger partial charge in [-0.25, -0.2) is 4.98 Å². The van der Waals surface area contributed by atoms with Crippen molar-refractivity contribution in [2.45, 2.75) is 12.1 Å². The highest BCUT2D eigenvalue weighted by molar-refractivity contribution is 7.84. The third kappa shape index (κ3) is 2.81. The topological polar surface area (TPSA) is 45.8 Å². The van der Waals surface area contributed by atoms with E-state index in [-0.39, 0.29) is 0 Å². The van der Waals surface area contributed by atoms with E-state index in [1.807, 2.05) is 67.6 Å². The first kappa shape index (κ1) is 13.8. The molecule has 4 heteroatoms. The summed E-state index contributed by atoms with van der Waals surface area (Å²) in [6.07, 6.45) is 0. The van der Waals surface area contributed by atoms with Crippen molar-refractivity contribution in [1.82, 2.24) is 9.97 Å². The number of aromatic nitrogens is 2. The summed E-state index contributed by atoms with van der Waals surface area (Å²) in [5.74, 6) is 0.552. The van der Waals surface area contributed by atoms with Crippen molar-refractivity contribution in [1.29, 1.82) is 0 Å². The lowest BCUT2D eigenvalue weighted by Gasteiger charge is -2.02. The van der Waals surface area contributed by atoms with E-state index >= 15 is 0 Å². The predicted molar refractivity (Wildman–Crippen MR) is 86.4 cm³/mol. The van der Waals surface area contributed by atoms with Crippen LogP contribution in [0.5, 0.6) is 0 Å². The molecule has 1 N–H and O–H groups in total. The fourth-order valence-electron chi connectivity index (χ4n) is 2.21. The lowest BCUT2D eigenvalue weighted by Crippen LogP contribution is -1.96. The van der Waals surface area contributed by atoms with Crippen LogP contribution in [0.4, 0.5) is 0 Å². The number of H-pyrrole nitrogens is 1. The molecule has 3 aromatic rings. The van der Waals surface area contributed by atoms with Crippen molar-refractivity contribution in [2.75, 3.05) is 5.75 Å². The summed E-state index contributed by atoms with van der Waals surface area (Å²) in [7, 11) is -1.09. The smallest absolute Gasteiger partial charge is 0.197 e. The lowest BCUT2D eigenvalue weighted by atomic mass is 10.1. The highest BCUT2D eigenvalue weighted by Crippen LogP contribution is 2.30. The molecule has 1 aromatic heterocycles. The van der Waals surface area contributed by atoms with Crippen LogP contribution in [0.2, 0.25) is 0 Å². The second-order valence-corrected chi connectivity index (χ2v) is 6.29. The maximum Gasteiger partial charge on any atom is 0.197 e. The van der Waals surface area contributed by atoms with Gasteiger partial charge in [-0.1, -0.05) is 67.6 Å². The summed E-state index contributed by atoms with van der Waals surface area (Å²) in [5.41, 5.74) is 3.83. The van der Waals surface area contributed by atoms with Crippen LogP contribution in [0.3, 0.4) is 0 Å². The minimum atomic E-state index is -1.09. The molecule has 0 aliphatic carbocycles. The number of aromatic amines is 1. The zero-order chi connectivity index (χ0) is 14.7. The maximum atomic E-state index is 12.1. The normalized spacial score (nSPS) is 12.2. The van der Waals surface area contributed by atoms with E-state index < -0.39 is 10.8 Å². The van der Waals surface area contributed by atoms with Gasteiger partial charge in [-0.05, 0) is 0 Å². The number of hydrogen-bond donors (Lipinski definition) is 1. The fraction of sp³-hybridized carbons (Fsp3) is 0.118. The van der Waals surface area contributed by atoms with Gasteiger partial charge in [-0.15, -0.1) is 0 Å². The number of nitrogens with zero attached hydrogens (tertiary/aromatic N) is 1. The summed E-state index contributed by atoms with van der Waals surface area (Å²) in [4.78, 5) is 7.81. The molecule has 3 rings (SSSR count). The average Bonchev–Trinajstić information content (AvgIpc) is 3.01. The van der Waals surface area contributed by atoms with Gasteiger partial charge in [0.1, 0.15) is 0 Å². The number of rotatable bonds is 4. The summed E-state index contributed by atoms with van der Waals surface area (Å²) >= 11 is 0. The number of imidazole rings is 1. The zero-order valence-electron chi connectivity index (χ0n) is 11.7. The Morgan fingerprint density at radius 3 is 2.10 bits per heavy atom. The van der Waals surface area contributed by atoms with Crippen LogP contribution < -0.4 is 0 Å². The summed E-state index contributed by atoms with van der Waals surface area (Å²) in [6.45, 7) is 1.89. The maximum absolute atomic E-state index is 12.1. The van der Waals surface area contributed by atoms with Gasteiger partial charge in [0.2, 0.25) is 0 Å². The lowest BCUT2D eigenvalue weighted by molar-refractivity contribution is 0.678. The molecular weight excluding hydrogens is 280 g/mol. The van der Waals surface area contributed by atoms with Crippen molar-refractivity contribution in [2.24, 2.45) is 0 Å². The molecule has 0 saturated carbocycles. The second-order valence-electron chi connectivity index (χ2n) is 4.63. The van der Waals surface area contributed by atoms with Crippen molar-refractivity contribution in [3.8, 4) is 22.5 Å². The largest absolute Gasteiger partial charge is 0.330 e. The molecule has 3 nitrogen and oxygen atoms in total. The Hall–Kier alpha value is -2.20. The van der Waals surface area contributed by atoms with E-state index in [0.29, 0.717) is 10.9 Å². The molecule has 0 aliphatic heterocycles. The Labute approximate surface area is 126 Å². The average molecular weight is 296 g/mol. The zero-order valence-corrected chi connectivity index (χ0v) is 12.6. The molecule has 1 heterocycles. The SMILES string of the molecule is CC[S@](=O)c1nc(-c2ccccc2)c(-c2ccccc2)[nH]1. The molecule has 0 radical (unpaired) electrons. The van der Waals surface area contributed by atoms with Gasteiger partial charge in [0.15, 0.2) is 5.16 Å². The molecule has 0 aliphatic rings. The predicted octanol–water partition coefficient (Wildman–Crippen LogP) is 3.87. The molecule has 0 fully saturated rings. The van der Waals surface area contributed by atoms with Crippen LogP contribution in [0.15, 0.2) is 65.8 Å². The molecule has 0 unspecified atom stereocenters. The third-order valence-corrected chi connectivity index (χ3v) is 4.42. The van der Waals surface area contributed by atoms with E-state index in [4.69, 9.17) is 0 Å². The standard InChI is InChI=1S/C17H16N2OS/c1-2-21(20)17-18-15(13-9-5-3-6-10-13)16(19-17)14-11-7-4-8-12-14/h3-12H,2H2,1H3,(H,18,19)/t21-/m0/s1. The van der Waals surface area contributed by atoms with Gasteiger partial charge in [-0.2, -0.15) is 0 Å². The minimum Gasteiger partial charge on any atom is -0.330 e. The second kappa shape index (κ2) is 6.06. The van der Waals surface area contributed by atoms with Crippen LogP contribution in [-0.2, 0) is 10.8 Å².